The van der Waals surface area contributed by atoms with Crippen LogP contribution in [0.3, 0.4) is 0 Å². The molecule has 2 N–H and O–H groups in total. The van der Waals surface area contributed by atoms with Crippen molar-refractivity contribution in [3.8, 4) is 0 Å². The molecule has 1 aliphatic heterocycles. The fraction of sp³-hybridized carbons (Fsp3) is 0.889. The van der Waals surface area contributed by atoms with Gasteiger partial charge in [-0.1, -0.05) is 6.92 Å². The van der Waals surface area contributed by atoms with Gasteiger partial charge in [-0.05, 0) is 13.3 Å². The molecule has 1 heterocycles. The van der Waals surface area contributed by atoms with E-state index in [1.807, 2.05) is 23.8 Å². The molecule has 2 atom stereocenters. The summed E-state index contributed by atoms with van der Waals surface area (Å²) < 4.78 is 0. The Morgan fingerprint density at radius 2 is 2.31 bits per heavy atom. The topological polar surface area (TPSA) is 49.6 Å². The molecule has 1 fully saturated rings. The average Bonchev–Trinajstić information content (AvgIpc) is 2.43. The number of likely N-dealkylation sites (N-methyl/N-ethyl adjacent to an activating group) is 1. The summed E-state index contributed by atoms with van der Waals surface area (Å²) in [6.07, 6.45) is 1.01. The van der Waals surface area contributed by atoms with Crippen LogP contribution in [-0.2, 0) is 0 Å². The molecular weight excluding hydrogens is 166 g/mol. The van der Waals surface area contributed by atoms with Gasteiger partial charge in [0.2, 0.25) is 0 Å². The molecule has 2 unspecified atom stereocenters. The SMILES string of the molecule is CCC1CN(C(C)CN)C(=O)N1C. The van der Waals surface area contributed by atoms with E-state index in [4.69, 9.17) is 5.73 Å². The number of amides is 2. The van der Waals surface area contributed by atoms with E-state index < -0.39 is 0 Å². The van der Waals surface area contributed by atoms with Crippen LogP contribution in [0.25, 0.3) is 0 Å². The summed E-state index contributed by atoms with van der Waals surface area (Å²) in [4.78, 5) is 15.3. The van der Waals surface area contributed by atoms with Crippen molar-refractivity contribution >= 4 is 6.03 Å². The minimum absolute atomic E-state index is 0.116. The molecule has 0 aromatic rings. The van der Waals surface area contributed by atoms with Gasteiger partial charge in [-0.3, -0.25) is 0 Å². The predicted molar refractivity (Wildman–Crippen MR) is 52.5 cm³/mol. The molecule has 0 aliphatic carbocycles. The van der Waals surface area contributed by atoms with Crippen molar-refractivity contribution in [1.82, 2.24) is 9.80 Å². The summed E-state index contributed by atoms with van der Waals surface area (Å²) in [5, 5.41) is 0. The van der Waals surface area contributed by atoms with Crippen LogP contribution in [-0.4, -0.2) is 48.1 Å². The van der Waals surface area contributed by atoms with Crippen LogP contribution < -0.4 is 5.73 Å². The van der Waals surface area contributed by atoms with Crippen molar-refractivity contribution in [3.05, 3.63) is 0 Å². The summed E-state index contributed by atoms with van der Waals surface area (Å²) in [5.41, 5.74) is 5.53. The van der Waals surface area contributed by atoms with Gasteiger partial charge in [0.05, 0.1) is 6.04 Å². The van der Waals surface area contributed by atoms with Crippen LogP contribution in [0.15, 0.2) is 0 Å². The maximum absolute atomic E-state index is 11.7. The third-order valence-corrected chi connectivity index (χ3v) is 2.85. The monoisotopic (exact) mass is 185 g/mol. The summed E-state index contributed by atoms with van der Waals surface area (Å²) >= 11 is 0. The molecule has 2 amide bonds. The Morgan fingerprint density at radius 1 is 1.69 bits per heavy atom. The highest BCUT2D eigenvalue weighted by Crippen LogP contribution is 2.18. The Bertz CT molecular complexity index is 195. The van der Waals surface area contributed by atoms with E-state index in [1.165, 1.54) is 0 Å². The van der Waals surface area contributed by atoms with Crippen molar-refractivity contribution in [3.63, 3.8) is 0 Å². The second-order valence-corrected chi connectivity index (χ2v) is 3.69. The van der Waals surface area contributed by atoms with E-state index in [1.54, 1.807) is 0 Å². The normalized spacial score (nSPS) is 25.5. The lowest BCUT2D eigenvalue weighted by molar-refractivity contribution is 0.185. The van der Waals surface area contributed by atoms with E-state index in [0.29, 0.717) is 12.6 Å². The minimum atomic E-state index is 0.116. The minimum Gasteiger partial charge on any atom is -0.328 e. The third kappa shape index (κ3) is 1.77. The van der Waals surface area contributed by atoms with E-state index in [9.17, 15) is 4.79 Å². The Morgan fingerprint density at radius 3 is 2.69 bits per heavy atom. The lowest BCUT2D eigenvalue weighted by Gasteiger charge is -2.22. The van der Waals surface area contributed by atoms with Crippen molar-refractivity contribution in [2.24, 2.45) is 5.73 Å². The Labute approximate surface area is 79.7 Å². The van der Waals surface area contributed by atoms with Crippen LogP contribution in [0.4, 0.5) is 4.79 Å². The maximum Gasteiger partial charge on any atom is 0.320 e. The van der Waals surface area contributed by atoms with Gasteiger partial charge in [-0.15, -0.1) is 0 Å². The van der Waals surface area contributed by atoms with Crippen molar-refractivity contribution in [2.45, 2.75) is 32.4 Å². The first-order chi connectivity index (χ1) is 6.11. The van der Waals surface area contributed by atoms with Gasteiger partial charge in [-0.2, -0.15) is 0 Å². The number of hydrogen-bond donors (Lipinski definition) is 1. The molecular formula is C9H19N3O. The zero-order valence-corrected chi connectivity index (χ0v) is 8.66. The van der Waals surface area contributed by atoms with Gasteiger partial charge >= 0.3 is 6.03 Å². The fourth-order valence-corrected chi connectivity index (χ4v) is 1.69. The number of carbonyl (C=O) groups excluding carboxylic acids is 1. The van der Waals surface area contributed by atoms with Crippen molar-refractivity contribution in [2.75, 3.05) is 20.1 Å². The number of nitrogens with zero attached hydrogens (tertiary/aromatic N) is 2. The second kappa shape index (κ2) is 3.96. The van der Waals surface area contributed by atoms with Crippen molar-refractivity contribution < 1.29 is 4.79 Å². The summed E-state index contributed by atoms with van der Waals surface area (Å²) in [6.45, 7) is 5.45. The van der Waals surface area contributed by atoms with Gasteiger partial charge in [0.1, 0.15) is 0 Å². The lowest BCUT2D eigenvalue weighted by Crippen LogP contribution is -2.40. The second-order valence-electron chi connectivity index (χ2n) is 3.69. The van der Waals surface area contributed by atoms with Crippen LogP contribution in [0.5, 0.6) is 0 Å². The van der Waals surface area contributed by atoms with Gasteiger partial charge in [-0.25, -0.2) is 4.79 Å². The zero-order valence-electron chi connectivity index (χ0n) is 8.66. The summed E-state index contributed by atoms with van der Waals surface area (Å²) in [7, 11) is 1.86. The molecule has 1 saturated heterocycles. The molecule has 0 saturated carbocycles. The molecule has 13 heavy (non-hydrogen) atoms. The summed E-state index contributed by atoms with van der Waals surface area (Å²) in [6, 6.07) is 0.637. The highest BCUT2D eigenvalue weighted by molar-refractivity contribution is 5.77. The van der Waals surface area contributed by atoms with Gasteiger partial charge in [0, 0.05) is 26.2 Å². The molecule has 0 radical (unpaired) electrons. The van der Waals surface area contributed by atoms with E-state index >= 15 is 0 Å². The molecule has 0 aromatic carbocycles. The molecule has 1 aliphatic rings. The number of nitrogens with two attached hydrogens (primary N) is 1. The van der Waals surface area contributed by atoms with E-state index in [2.05, 4.69) is 6.92 Å². The zero-order chi connectivity index (χ0) is 10.0. The molecule has 0 bridgehead atoms. The Hall–Kier alpha value is -0.770. The molecule has 4 heteroatoms. The Balaban J connectivity index is 2.65. The molecule has 1 rings (SSSR count). The van der Waals surface area contributed by atoms with Gasteiger partial charge in [0.15, 0.2) is 0 Å². The first-order valence-corrected chi connectivity index (χ1v) is 4.85. The number of rotatable bonds is 3. The van der Waals surface area contributed by atoms with Crippen LogP contribution in [0, 0.1) is 0 Å². The molecule has 0 spiro atoms. The highest BCUT2D eigenvalue weighted by atomic mass is 16.2. The average molecular weight is 185 g/mol. The molecule has 4 nitrogen and oxygen atoms in total. The Kier molecular flexibility index (Phi) is 3.14. The fourth-order valence-electron chi connectivity index (χ4n) is 1.69. The van der Waals surface area contributed by atoms with Crippen LogP contribution >= 0.6 is 0 Å². The largest absolute Gasteiger partial charge is 0.328 e. The summed E-state index contributed by atoms with van der Waals surface area (Å²) in [5.74, 6) is 0. The van der Waals surface area contributed by atoms with Gasteiger partial charge in [0.25, 0.3) is 0 Å². The van der Waals surface area contributed by atoms with E-state index in [0.717, 1.165) is 13.0 Å². The number of hydrogen-bond acceptors (Lipinski definition) is 2. The molecule has 76 valence electrons. The first-order valence-electron chi connectivity index (χ1n) is 4.85. The van der Waals surface area contributed by atoms with Gasteiger partial charge < -0.3 is 15.5 Å². The quantitative estimate of drug-likeness (QED) is 0.695. The van der Waals surface area contributed by atoms with Crippen LogP contribution in [0.2, 0.25) is 0 Å². The standard InChI is InChI=1S/C9H19N3O/c1-4-8-6-12(7(2)5-10)9(13)11(8)3/h7-8H,4-6,10H2,1-3H3. The maximum atomic E-state index is 11.7. The predicted octanol–water partition coefficient (Wildman–Crippen LogP) is 0.480. The van der Waals surface area contributed by atoms with E-state index in [-0.39, 0.29) is 12.1 Å². The van der Waals surface area contributed by atoms with Crippen molar-refractivity contribution in [1.29, 1.82) is 0 Å². The number of urea groups is 1. The highest BCUT2D eigenvalue weighted by Gasteiger charge is 2.35. The first kappa shape index (κ1) is 10.3. The third-order valence-electron chi connectivity index (χ3n) is 2.85. The molecule has 0 aromatic heterocycles. The van der Waals surface area contributed by atoms with Crippen LogP contribution in [0.1, 0.15) is 20.3 Å². The smallest absolute Gasteiger partial charge is 0.320 e. The number of carbonyl (C=O) groups is 1. The lowest BCUT2D eigenvalue weighted by atomic mass is 10.2.